The van der Waals surface area contributed by atoms with Crippen LogP contribution in [0.4, 0.5) is 0 Å². The van der Waals surface area contributed by atoms with Crippen molar-refractivity contribution in [2.24, 2.45) is 10.9 Å². The first-order valence-corrected chi connectivity index (χ1v) is 8.99. The number of hydrogen-bond donors (Lipinski definition) is 2. The monoisotopic (exact) mass is 383 g/mol. The summed E-state index contributed by atoms with van der Waals surface area (Å²) in [4.78, 5) is 0. The third-order valence-electron chi connectivity index (χ3n) is 2.69. The van der Waals surface area contributed by atoms with Gasteiger partial charge < -0.3 is 10.9 Å². The molecule has 0 spiro atoms. The van der Waals surface area contributed by atoms with E-state index in [0.717, 1.165) is 9.35 Å². The van der Waals surface area contributed by atoms with Crippen molar-refractivity contribution >= 4 is 43.1 Å². The number of thiophene rings is 1. The van der Waals surface area contributed by atoms with Gasteiger partial charge in [-0.3, -0.25) is 0 Å². The van der Waals surface area contributed by atoms with Crippen molar-refractivity contribution in [2.75, 3.05) is 6.54 Å². The molecule has 0 bridgehead atoms. The van der Waals surface area contributed by atoms with Gasteiger partial charge in [0.25, 0.3) is 10.0 Å². The molecule has 0 aliphatic carbocycles. The molecule has 0 saturated heterocycles. The second-order valence-electron chi connectivity index (χ2n) is 4.57. The van der Waals surface area contributed by atoms with Crippen LogP contribution in [0.15, 0.2) is 19.2 Å². The molecule has 0 unspecified atom stereocenters. The van der Waals surface area contributed by atoms with E-state index in [4.69, 9.17) is 10.9 Å². The Hall–Kier alpha value is -0.640. The summed E-state index contributed by atoms with van der Waals surface area (Å²) >= 11 is 4.51. The van der Waals surface area contributed by atoms with E-state index in [9.17, 15) is 8.42 Å². The normalized spacial score (nSPS) is 13.4. The van der Waals surface area contributed by atoms with Gasteiger partial charge in [0.15, 0.2) is 0 Å². The predicted molar refractivity (Wildman–Crippen MR) is 83.8 cm³/mol. The van der Waals surface area contributed by atoms with E-state index in [2.05, 4.69) is 21.1 Å². The summed E-state index contributed by atoms with van der Waals surface area (Å²) in [5.41, 5.74) is 6.29. The van der Waals surface area contributed by atoms with Crippen LogP contribution in [0.2, 0.25) is 0 Å². The molecule has 1 aromatic rings. The molecule has 1 rings (SSSR count). The molecule has 3 N–H and O–H groups in total. The van der Waals surface area contributed by atoms with Crippen LogP contribution in [-0.4, -0.2) is 36.4 Å². The van der Waals surface area contributed by atoms with Crippen molar-refractivity contribution in [3.8, 4) is 0 Å². The zero-order chi connectivity index (χ0) is 15.5. The minimum Gasteiger partial charge on any atom is -0.409 e. The minimum absolute atomic E-state index is 0.00870. The molecule has 6 nitrogen and oxygen atoms in total. The average molecular weight is 384 g/mol. The first kappa shape index (κ1) is 17.4. The van der Waals surface area contributed by atoms with Gasteiger partial charge in [0.2, 0.25) is 0 Å². The smallest absolute Gasteiger partial charge is 0.252 e. The topological polar surface area (TPSA) is 96.0 Å². The number of rotatable bonds is 6. The maximum atomic E-state index is 12.6. The maximum Gasteiger partial charge on any atom is 0.252 e. The second kappa shape index (κ2) is 6.88. The Morgan fingerprint density at radius 3 is 2.60 bits per heavy atom. The van der Waals surface area contributed by atoms with Gasteiger partial charge in [0.1, 0.15) is 10.0 Å². The summed E-state index contributed by atoms with van der Waals surface area (Å²) in [5, 5.41) is 11.4. The Bertz CT molecular complexity index is 577. The zero-order valence-corrected chi connectivity index (χ0v) is 14.7. The van der Waals surface area contributed by atoms with Gasteiger partial charge in [-0.2, -0.15) is 4.31 Å². The maximum absolute atomic E-state index is 12.6. The van der Waals surface area contributed by atoms with Crippen molar-refractivity contribution < 1.29 is 13.6 Å². The Balaban J connectivity index is 3.06. The summed E-state index contributed by atoms with van der Waals surface area (Å²) in [5.74, 6) is 0.00870. The van der Waals surface area contributed by atoms with Gasteiger partial charge in [0.05, 0.1) is 3.79 Å². The lowest BCUT2D eigenvalue weighted by molar-refractivity contribution is 0.313. The van der Waals surface area contributed by atoms with Crippen LogP contribution in [0.1, 0.15) is 25.8 Å². The molecule has 0 amide bonds. The highest BCUT2D eigenvalue weighted by Crippen LogP contribution is 2.32. The van der Waals surface area contributed by atoms with Crippen molar-refractivity contribution in [2.45, 2.75) is 37.4 Å². The van der Waals surface area contributed by atoms with E-state index in [0.29, 0.717) is 0 Å². The zero-order valence-electron chi connectivity index (χ0n) is 11.5. The number of nitrogens with two attached hydrogens (primary N) is 1. The number of halogens is 1. The fraction of sp³-hybridized carbons (Fsp3) is 0.545. The van der Waals surface area contributed by atoms with E-state index in [1.807, 2.05) is 6.92 Å². The molecule has 0 fully saturated rings. The quantitative estimate of drug-likeness (QED) is 0.341. The van der Waals surface area contributed by atoms with Crippen molar-refractivity contribution in [3.05, 3.63) is 15.4 Å². The number of aryl methyl sites for hydroxylation is 1. The molecule has 0 atom stereocenters. The van der Waals surface area contributed by atoms with Gasteiger partial charge in [-0.1, -0.05) is 5.16 Å². The van der Waals surface area contributed by atoms with Gasteiger partial charge in [0, 0.05) is 19.0 Å². The summed E-state index contributed by atoms with van der Waals surface area (Å²) in [6.07, 6.45) is 0.180. The Morgan fingerprint density at radius 1 is 1.60 bits per heavy atom. The standard InChI is InChI=1S/C11H18BrN3O3S2/c1-7(2)15(5-4-9(13)14-16)20(17,18)10-6-8(3)11(12)19-10/h6-7,16H,4-5H2,1-3H3,(H2,13,14). The van der Waals surface area contributed by atoms with Crippen LogP contribution in [0, 0.1) is 6.92 Å². The van der Waals surface area contributed by atoms with E-state index in [1.165, 1.54) is 15.6 Å². The number of hydrogen-bond acceptors (Lipinski definition) is 5. The average Bonchev–Trinajstić information content (AvgIpc) is 2.69. The number of oxime groups is 1. The first-order chi connectivity index (χ1) is 9.20. The molecule has 0 saturated carbocycles. The highest BCUT2D eigenvalue weighted by atomic mass is 79.9. The molecule has 1 aromatic heterocycles. The number of sulfonamides is 1. The van der Waals surface area contributed by atoms with Crippen LogP contribution in [0.25, 0.3) is 0 Å². The van der Waals surface area contributed by atoms with Crippen molar-refractivity contribution in [3.63, 3.8) is 0 Å². The molecule has 0 aliphatic rings. The van der Waals surface area contributed by atoms with E-state index < -0.39 is 10.0 Å². The second-order valence-corrected chi connectivity index (χ2v) is 9.06. The Morgan fingerprint density at radius 2 is 2.20 bits per heavy atom. The Labute approximate surface area is 131 Å². The van der Waals surface area contributed by atoms with E-state index in [-0.39, 0.29) is 29.1 Å². The van der Waals surface area contributed by atoms with Crippen molar-refractivity contribution in [1.82, 2.24) is 4.31 Å². The van der Waals surface area contributed by atoms with Crippen LogP contribution in [0.3, 0.4) is 0 Å². The summed E-state index contributed by atoms with van der Waals surface area (Å²) in [7, 11) is -3.58. The third-order valence-corrected chi connectivity index (χ3v) is 7.35. The van der Waals surface area contributed by atoms with Gasteiger partial charge in [-0.25, -0.2) is 8.42 Å². The molecule has 0 radical (unpaired) electrons. The fourth-order valence-corrected chi connectivity index (χ4v) is 5.60. The molecule has 1 heterocycles. The molecule has 114 valence electrons. The molecule has 20 heavy (non-hydrogen) atoms. The van der Waals surface area contributed by atoms with E-state index >= 15 is 0 Å². The van der Waals surface area contributed by atoms with Crippen LogP contribution in [0.5, 0.6) is 0 Å². The summed E-state index contributed by atoms with van der Waals surface area (Å²) < 4.78 is 27.7. The summed E-state index contributed by atoms with van der Waals surface area (Å²) in [6.45, 7) is 5.60. The largest absolute Gasteiger partial charge is 0.409 e. The molecule has 9 heteroatoms. The fourth-order valence-electron chi connectivity index (χ4n) is 1.61. The third kappa shape index (κ3) is 3.94. The van der Waals surface area contributed by atoms with Crippen LogP contribution >= 0.6 is 27.3 Å². The molecular weight excluding hydrogens is 366 g/mol. The van der Waals surface area contributed by atoms with Crippen LogP contribution in [-0.2, 0) is 10.0 Å². The highest BCUT2D eigenvalue weighted by Gasteiger charge is 2.29. The molecule has 0 aliphatic heterocycles. The lowest BCUT2D eigenvalue weighted by Gasteiger charge is -2.24. The first-order valence-electron chi connectivity index (χ1n) is 5.94. The van der Waals surface area contributed by atoms with Crippen molar-refractivity contribution in [1.29, 1.82) is 0 Å². The number of amidine groups is 1. The highest BCUT2D eigenvalue weighted by molar-refractivity contribution is 9.11. The summed E-state index contributed by atoms with van der Waals surface area (Å²) in [6, 6.07) is 1.43. The van der Waals surface area contributed by atoms with E-state index in [1.54, 1.807) is 19.9 Å². The van der Waals surface area contributed by atoms with Gasteiger partial charge in [-0.15, -0.1) is 11.3 Å². The Kier molecular flexibility index (Phi) is 5.99. The molecular formula is C11H18BrN3O3S2. The lowest BCUT2D eigenvalue weighted by Crippen LogP contribution is -2.38. The number of nitrogens with zero attached hydrogens (tertiary/aromatic N) is 2. The minimum atomic E-state index is -3.58. The lowest BCUT2D eigenvalue weighted by atomic mass is 10.3. The van der Waals surface area contributed by atoms with Crippen LogP contribution < -0.4 is 5.73 Å². The van der Waals surface area contributed by atoms with Gasteiger partial charge >= 0.3 is 0 Å². The SMILES string of the molecule is Cc1cc(S(=O)(=O)N(CCC(N)=NO)C(C)C)sc1Br. The van der Waals surface area contributed by atoms with Gasteiger partial charge in [-0.05, 0) is 48.3 Å². The predicted octanol–water partition coefficient (Wildman–Crippen LogP) is 2.35. The molecule has 0 aromatic carbocycles.